The average molecular weight is 254 g/mol. The van der Waals surface area contributed by atoms with Crippen molar-refractivity contribution in [3.05, 3.63) is 35.4 Å². The molecule has 1 aromatic rings. The summed E-state index contributed by atoms with van der Waals surface area (Å²) in [6, 6.07) is 2.88. The maximum Gasteiger partial charge on any atom is 0.256 e. The zero-order valence-electron chi connectivity index (χ0n) is 9.60. The SMILES string of the molecule is O=CN1CCN(C(=O)c2ccc(F)cc2F)CC1. The quantitative estimate of drug-likeness (QED) is 0.735. The monoisotopic (exact) mass is 254 g/mol. The lowest BCUT2D eigenvalue weighted by Gasteiger charge is -2.32. The van der Waals surface area contributed by atoms with Crippen LogP contribution >= 0.6 is 0 Å². The van der Waals surface area contributed by atoms with Crippen LogP contribution < -0.4 is 0 Å². The van der Waals surface area contributed by atoms with E-state index in [-0.39, 0.29) is 5.56 Å². The lowest BCUT2D eigenvalue weighted by molar-refractivity contribution is -0.119. The molecule has 96 valence electrons. The van der Waals surface area contributed by atoms with Crippen molar-refractivity contribution < 1.29 is 18.4 Å². The van der Waals surface area contributed by atoms with Gasteiger partial charge in [-0.2, -0.15) is 0 Å². The van der Waals surface area contributed by atoms with E-state index < -0.39 is 17.5 Å². The molecule has 4 nitrogen and oxygen atoms in total. The van der Waals surface area contributed by atoms with Gasteiger partial charge in [0.1, 0.15) is 11.6 Å². The Morgan fingerprint density at radius 1 is 1.17 bits per heavy atom. The number of nitrogens with zero attached hydrogens (tertiary/aromatic N) is 2. The summed E-state index contributed by atoms with van der Waals surface area (Å²) in [5, 5.41) is 0. The topological polar surface area (TPSA) is 40.6 Å². The average Bonchev–Trinajstić information content (AvgIpc) is 2.38. The second-order valence-electron chi connectivity index (χ2n) is 4.06. The maximum atomic E-state index is 13.4. The second-order valence-corrected chi connectivity index (χ2v) is 4.06. The van der Waals surface area contributed by atoms with Crippen molar-refractivity contribution in [2.24, 2.45) is 0 Å². The third-order valence-electron chi connectivity index (χ3n) is 2.91. The van der Waals surface area contributed by atoms with E-state index >= 15 is 0 Å². The molecule has 0 N–H and O–H groups in total. The summed E-state index contributed by atoms with van der Waals surface area (Å²) >= 11 is 0. The Bertz CT molecular complexity index is 471. The fraction of sp³-hybridized carbons (Fsp3) is 0.333. The molecule has 0 atom stereocenters. The number of carbonyl (C=O) groups is 2. The van der Waals surface area contributed by atoms with Crippen molar-refractivity contribution >= 4 is 12.3 Å². The van der Waals surface area contributed by atoms with Gasteiger partial charge in [0.2, 0.25) is 6.41 Å². The van der Waals surface area contributed by atoms with E-state index in [4.69, 9.17) is 0 Å². The number of hydrogen-bond acceptors (Lipinski definition) is 2. The molecule has 0 spiro atoms. The van der Waals surface area contributed by atoms with Crippen molar-refractivity contribution in [3.8, 4) is 0 Å². The van der Waals surface area contributed by atoms with E-state index in [1.54, 1.807) is 4.90 Å². The first kappa shape index (κ1) is 12.5. The maximum absolute atomic E-state index is 13.4. The number of hydrogen-bond donors (Lipinski definition) is 0. The van der Waals surface area contributed by atoms with Crippen molar-refractivity contribution in [1.82, 2.24) is 9.80 Å². The fourth-order valence-electron chi connectivity index (χ4n) is 1.86. The number of halogens is 2. The molecule has 0 bridgehead atoms. The standard InChI is InChI=1S/C12H12F2N2O2/c13-9-1-2-10(11(14)7-9)12(18)16-5-3-15(8-17)4-6-16/h1-2,7-8H,3-6H2. The highest BCUT2D eigenvalue weighted by atomic mass is 19.1. The first-order valence-corrected chi connectivity index (χ1v) is 5.55. The molecule has 6 heteroatoms. The number of amides is 2. The smallest absolute Gasteiger partial charge is 0.256 e. The fourth-order valence-corrected chi connectivity index (χ4v) is 1.86. The molecule has 1 fully saturated rings. The predicted molar refractivity (Wildman–Crippen MR) is 59.9 cm³/mol. The van der Waals surface area contributed by atoms with Crippen molar-refractivity contribution in [3.63, 3.8) is 0 Å². The lowest BCUT2D eigenvalue weighted by atomic mass is 10.1. The van der Waals surface area contributed by atoms with Gasteiger partial charge in [-0.15, -0.1) is 0 Å². The summed E-state index contributed by atoms with van der Waals surface area (Å²) in [4.78, 5) is 25.5. The van der Waals surface area contributed by atoms with Crippen LogP contribution in [0.15, 0.2) is 18.2 Å². The van der Waals surface area contributed by atoms with Crippen LogP contribution in [0, 0.1) is 11.6 Å². The lowest BCUT2D eigenvalue weighted by Crippen LogP contribution is -2.48. The summed E-state index contributed by atoms with van der Waals surface area (Å²) in [6.07, 6.45) is 0.723. The van der Waals surface area contributed by atoms with E-state index in [0.29, 0.717) is 32.2 Å². The van der Waals surface area contributed by atoms with Crippen LogP contribution in [0.3, 0.4) is 0 Å². The highest BCUT2D eigenvalue weighted by Crippen LogP contribution is 2.13. The van der Waals surface area contributed by atoms with Crippen LogP contribution in [-0.2, 0) is 4.79 Å². The molecular weight excluding hydrogens is 242 g/mol. The van der Waals surface area contributed by atoms with Crippen LogP contribution in [-0.4, -0.2) is 48.3 Å². The Morgan fingerprint density at radius 2 is 1.83 bits per heavy atom. The molecule has 2 amide bonds. The number of piperazine rings is 1. The molecular formula is C12H12F2N2O2. The molecule has 0 aromatic heterocycles. The van der Waals surface area contributed by atoms with Gasteiger partial charge in [0.05, 0.1) is 5.56 Å². The Morgan fingerprint density at radius 3 is 2.39 bits per heavy atom. The normalized spacial score (nSPS) is 15.7. The summed E-state index contributed by atoms with van der Waals surface area (Å²) in [7, 11) is 0. The first-order valence-electron chi connectivity index (χ1n) is 5.55. The zero-order chi connectivity index (χ0) is 13.1. The Balaban J connectivity index is 2.10. The Kier molecular flexibility index (Phi) is 3.55. The second kappa shape index (κ2) is 5.12. The molecule has 1 aliphatic heterocycles. The van der Waals surface area contributed by atoms with Gasteiger partial charge >= 0.3 is 0 Å². The zero-order valence-corrected chi connectivity index (χ0v) is 9.60. The van der Waals surface area contributed by atoms with E-state index in [1.165, 1.54) is 4.90 Å². The number of rotatable bonds is 2. The minimum Gasteiger partial charge on any atom is -0.342 e. The van der Waals surface area contributed by atoms with Gasteiger partial charge in [-0.1, -0.05) is 0 Å². The van der Waals surface area contributed by atoms with Gasteiger partial charge in [0.25, 0.3) is 5.91 Å². The molecule has 1 aromatic carbocycles. The van der Waals surface area contributed by atoms with Crippen LogP contribution in [0.1, 0.15) is 10.4 Å². The van der Waals surface area contributed by atoms with Crippen molar-refractivity contribution in [2.45, 2.75) is 0 Å². The van der Waals surface area contributed by atoms with E-state index in [2.05, 4.69) is 0 Å². The van der Waals surface area contributed by atoms with Gasteiger partial charge in [-0.25, -0.2) is 8.78 Å². The molecule has 1 aliphatic rings. The molecule has 0 radical (unpaired) electrons. The first-order chi connectivity index (χ1) is 8.61. The molecule has 1 heterocycles. The van der Waals surface area contributed by atoms with Crippen molar-refractivity contribution in [1.29, 1.82) is 0 Å². The molecule has 0 unspecified atom stereocenters. The van der Waals surface area contributed by atoms with Gasteiger partial charge in [-0.3, -0.25) is 9.59 Å². The summed E-state index contributed by atoms with van der Waals surface area (Å²) in [6.45, 7) is 1.57. The molecule has 1 saturated heterocycles. The third kappa shape index (κ3) is 2.47. The van der Waals surface area contributed by atoms with E-state index in [0.717, 1.165) is 18.5 Å². The van der Waals surface area contributed by atoms with E-state index in [1.807, 2.05) is 0 Å². The summed E-state index contributed by atoms with van der Waals surface area (Å²) < 4.78 is 26.2. The minimum atomic E-state index is -0.863. The number of carbonyl (C=O) groups excluding carboxylic acids is 2. The van der Waals surface area contributed by atoms with Crippen LogP contribution in [0.5, 0.6) is 0 Å². The summed E-state index contributed by atoms with van der Waals surface area (Å²) in [5.74, 6) is -2.05. The largest absolute Gasteiger partial charge is 0.342 e. The van der Waals surface area contributed by atoms with Crippen molar-refractivity contribution in [2.75, 3.05) is 26.2 Å². The molecule has 2 rings (SSSR count). The van der Waals surface area contributed by atoms with Gasteiger partial charge < -0.3 is 9.80 Å². The number of benzene rings is 1. The Hall–Kier alpha value is -1.98. The minimum absolute atomic E-state index is 0.143. The highest BCUT2D eigenvalue weighted by Gasteiger charge is 2.23. The van der Waals surface area contributed by atoms with Crippen LogP contribution in [0.25, 0.3) is 0 Å². The summed E-state index contributed by atoms with van der Waals surface area (Å²) in [5.41, 5.74) is -0.143. The predicted octanol–water partition coefficient (Wildman–Crippen LogP) is 0.879. The molecule has 0 saturated carbocycles. The highest BCUT2D eigenvalue weighted by molar-refractivity contribution is 5.94. The molecule has 18 heavy (non-hydrogen) atoms. The van der Waals surface area contributed by atoms with Crippen LogP contribution in [0.2, 0.25) is 0 Å². The van der Waals surface area contributed by atoms with Gasteiger partial charge in [-0.05, 0) is 12.1 Å². The Labute approximate surface area is 103 Å². The van der Waals surface area contributed by atoms with E-state index in [9.17, 15) is 18.4 Å². The van der Waals surface area contributed by atoms with Gasteiger partial charge in [0, 0.05) is 32.2 Å². The third-order valence-corrected chi connectivity index (χ3v) is 2.91. The van der Waals surface area contributed by atoms with Gasteiger partial charge in [0.15, 0.2) is 0 Å². The van der Waals surface area contributed by atoms with Crippen LogP contribution in [0.4, 0.5) is 8.78 Å². The molecule has 0 aliphatic carbocycles.